The highest BCUT2D eigenvalue weighted by atomic mass is 35.5. The number of likely N-dealkylation sites (tertiary alicyclic amines) is 1. The number of aryl methyl sites for hydroxylation is 1. The van der Waals surface area contributed by atoms with E-state index in [2.05, 4.69) is 21.4 Å². The number of fused-ring (bicyclic) bond motifs is 3. The standard InChI is InChI=1S/C26H27ClN6O2/c1-26(2)20-21(26)25(35)32(24(20)34)11-14-6-19-22(29-13-30-33(19)12-14)18-8-16(27)7-15-4-3-5-31(23(15)18)17-9-28-10-17/h6-8,12-13,17,20-21,28H,3-5,9-11H2,1-2H3. The summed E-state index contributed by atoms with van der Waals surface area (Å²) in [5.41, 5.74) is 5.78. The number of rotatable bonds is 4. The molecule has 0 bridgehead atoms. The highest BCUT2D eigenvalue weighted by Crippen LogP contribution is 2.63. The molecule has 0 spiro atoms. The molecule has 180 valence electrons. The molecule has 1 N–H and O–H groups in total. The van der Waals surface area contributed by atoms with Crippen molar-refractivity contribution < 1.29 is 9.59 Å². The topological polar surface area (TPSA) is 82.8 Å². The van der Waals surface area contributed by atoms with Gasteiger partial charge in [0.15, 0.2) is 0 Å². The highest BCUT2D eigenvalue weighted by Gasteiger charge is 2.72. The number of hydrogen-bond donors (Lipinski definition) is 1. The van der Waals surface area contributed by atoms with Gasteiger partial charge in [-0.2, -0.15) is 5.10 Å². The van der Waals surface area contributed by atoms with E-state index in [4.69, 9.17) is 16.6 Å². The van der Waals surface area contributed by atoms with E-state index < -0.39 is 0 Å². The molecule has 3 aromatic rings. The minimum Gasteiger partial charge on any atom is -0.365 e. The Kier molecular flexibility index (Phi) is 4.43. The molecule has 2 saturated heterocycles. The molecule has 0 radical (unpaired) electrons. The fourth-order valence-corrected chi connectivity index (χ4v) is 6.64. The first kappa shape index (κ1) is 21.3. The van der Waals surface area contributed by atoms with Gasteiger partial charge in [0, 0.05) is 42.1 Å². The van der Waals surface area contributed by atoms with E-state index in [0.717, 1.165) is 54.8 Å². The average Bonchev–Trinajstić information content (AvgIpc) is 3.03. The molecule has 3 aliphatic heterocycles. The second kappa shape index (κ2) is 7.27. The van der Waals surface area contributed by atoms with Crippen molar-refractivity contribution in [2.45, 2.75) is 39.3 Å². The number of benzene rings is 1. The monoisotopic (exact) mass is 490 g/mol. The molecule has 8 nitrogen and oxygen atoms in total. The van der Waals surface area contributed by atoms with Gasteiger partial charge in [0.25, 0.3) is 0 Å². The Morgan fingerprint density at radius 2 is 1.91 bits per heavy atom. The molecule has 2 amide bonds. The summed E-state index contributed by atoms with van der Waals surface area (Å²) in [7, 11) is 0. The first-order valence-corrected chi connectivity index (χ1v) is 12.7. The number of hydrogen-bond acceptors (Lipinski definition) is 6. The SMILES string of the molecule is CC1(C)C2C(=O)N(Cc3cc4c(-c5cc(Cl)cc6c5N(C5CNC5)CCC6)ncnn4c3)C(=O)C21. The zero-order valence-corrected chi connectivity index (χ0v) is 20.5. The minimum atomic E-state index is -0.206. The lowest BCUT2D eigenvalue weighted by molar-refractivity contribution is -0.143. The molecule has 9 heteroatoms. The van der Waals surface area contributed by atoms with Crippen molar-refractivity contribution in [2.75, 3.05) is 24.5 Å². The number of amides is 2. The van der Waals surface area contributed by atoms with E-state index in [1.807, 2.05) is 32.2 Å². The molecule has 4 aliphatic rings. The maximum Gasteiger partial charge on any atom is 0.233 e. The summed E-state index contributed by atoms with van der Waals surface area (Å²) in [5, 5.41) is 8.51. The average molecular weight is 491 g/mol. The largest absolute Gasteiger partial charge is 0.365 e. The number of imide groups is 1. The zero-order chi connectivity index (χ0) is 24.1. The first-order valence-electron chi connectivity index (χ1n) is 12.3. The fourth-order valence-electron chi connectivity index (χ4n) is 6.40. The third-order valence-corrected chi connectivity index (χ3v) is 8.65. The van der Waals surface area contributed by atoms with Crippen molar-refractivity contribution in [3.8, 4) is 11.3 Å². The lowest BCUT2D eigenvalue weighted by Gasteiger charge is -2.44. The van der Waals surface area contributed by atoms with Gasteiger partial charge in [-0.3, -0.25) is 14.5 Å². The Morgan fingerprint density at radius 1 is 1.14 bits per heavy atom. The molecule has 5 heterocycles. The van der Waals surface area contributed by atoms with Gasteiger partial charge in [-0.05, 0) is 47.6 Å². The lowest BCUT2D eigenvalue weighted by Crippen LogP contribution is -2.58. The maximum atomic E-state index is 12.9. The summed E-state index contributed by atoms with van der Waals surface area (Å²) >= 11 is 6.59. The van der Waals surface area contributed by atoms with Crippen LogP contribution >= 0.6 is 11.6 Å². The summed E-state index contributed by atoms with van der Waals surface area (Å²) in [6.45, 7) is 7.23. The fraction of sp³-hybridized carbons (Fsp3) is 0.462. The van der Waals surface area contributed by atoms with Gasteiger partial charge in [-0.25, -0.2) is 9.50 Å². The number of carbonyl (C=O) groups is 2. The van der Waals surface area contributed by atoms with Crippen LogP contribution in [-0.4, -0.2) is 57.0 Å². The second-order valence-corrected chi connectivity index (χ2v) is 11.3. The van der Waals surface area contributed by atoms with E-state index in [9.17, 15) is 9.59 Å². The van der Waals surface area contributed by atoms with Crippen molar-refractivity contribution in [3.05, 3.63) is 46.9 Å². The Morgan fingerprint density at radius 3 is 2.63 bits per heavy atom. The number of piperidine rings is 1. The maximum absolute atomic E-state index is 12.9. The molecule has 2 unspecified atom stereocenters. The molecule has 2 aromatic heterocycles. The van der Waals surface area contributed by atoms with Gasteiger partial charge in [-0.1, -0.05) is 25.4 Å². The van der Waals surface area contributed by atoms with Crippen LogP contribution in [0.15, 0.2) is 30.7 Å². The minimum absolute atomic E-state index is 0.0553. The molecule has 7 rings (SSSR count). The van der Waals surface area contributed by atoms with E-state index in [0.29, 0.717) is 11.1 Å². The first-order chi connectivity index (χ1) is 16.8. The van der Waals surface area contributed by atoms with Gasteiger partial charge in [0.05, 0.1) is 35.6 Å². The van der Waals surface area contributed by atoms with E-state index in [1.54, 1.807) is 10.8 Å². The van der Waals surface area contributed by atoms with Gasteiger partial charge in [0.2, 0.25) is 11.8 Å². The Bertz CT molecular complexity index is 1390. The normalized spacial score (nSPS) is 25.1. The smallest absolute Gasteiger partial charge is 0.233 e. The van der Waals surface area contributed by atoms with Crippen LogP contribution in [0.25, 0.3) is 16.8 Å². The van der Waals surface area contributed by atoms with Crippen LogP contribution in [0.1, 0.15) is 31.4 Å². The van der Waals surface area contributed by atoms with Crippen LogP contribution in [0.3, 0.4) is 0 Å². The summed E-state index contributed by atoms with van der Waals surface area (Å²) < 4.78 is 1.79. The van der Waals surface area contributed by atoms with Crippen LogP contribution in [0.5, 0.6) is 0 Å². The lowest BCUT2D eigenvalue weighted by atomic mass is 9.93. The number of anilines is 1. The van der Waals surface area contributed by atoms with E-state index >= 15 is 0 Å². The third-order valence-electron chi connectivity index (χ3n) is 8.44. The van der Waals surface area contributed by atoms with Crippen molar-refractivity contribution in [1.29, 1.82) is 0 Å². The summed E-state index contributed by atoms with van der Waals surface area (Å²) in [6, 6.07) is 6.55. The molecule has 35 heavy (non-hydrogen) atoms. The van der Waals surface area contributed by atoms with E-state index in [-0.39, 0.29) is 35.6 Å². The van der Waals surface area contributed by atoms with Crippen LogP contribution < -0.4 is 10.2 Å². The number of nitrogens with zero attached hydrogens (tertiary/aromatic N) is 5. The van der Waals surface area contributed by atoms with Crippen molar-refractivity contribution in [2.24, 2.45) is 17.3 Å². The van der Waals surface area contributed by atoms with Crippen LogP contribution in [0, 0.1) is 17.3 Å². The third kappa shape index (κ3) is 3.02. The molecule has 3 fully saturated rings. The Balaban J connectivity index is 1.29. The zero-order valence-electron chi connectivity index (χ0n) is 19.8. The Hall–Kier alpha value is -2.97. The summed E-state index contributed by atoms with van der Waals surface area (Å²) in [6.07, 6.45) is 5.54. The molecular weight excluding hydrogens is 464 g/mol. The number of nitrogens with one attached hydrogen (secondary N) is 1. The molecule has 1 aromatic carbocycles. The van der Waals surface area contributed by atoms with Crippen LogP contribution in [0.4, 0.5) is 5.69 Å². The molecular formula is C26H27ClN6O2. The highest BCUT2D eigenvalue weighted by molar-refractivity contribution is 6.31. The molecule has 2 atom stereocenters. The number of aromatic nitrogens is 3. The van der Waals surface area contributed by atoms with Crippen molar-refractivity contribution in [1.82, 2.24) is 24.8 Å². The van der Waals surface area contributed by atoms with Crippen LogP contribution in [0.2, 0.25) is 5.02 Å². The van der Waals surface area contributed by atoms with Gasteiger partial charge < -0.3 is 10.2 Å². The molecule has 1 aliphatic carbocycles. The molecule has 1 saturated carbocycles. The summed E-state index contributed by atoms with van der Waals surface area (Å²) in [4.78, 5) is 34.3. The van der Waals surface area contributed by atoms with Gasteiger partial charge in [-0.15, -0.1) is 0 Å². The predicted molar refractivity (Wildman–Crippen MR) is 132 cm³/mol. The summed E-state index contributed by atoms with van der Waals surface area (Å²) in [5.74, 6) is -0.458. The van der Waals surface area contributed by atoms with Crippen LogP contribution in [-0.2, 0) is 22.6 Å². The van der Waals surface area contributed by atoms with Crippen molar-refractivity contribution >= 4 is 34.6 Å². The number of halogens is 1. The van der Waals surface area contributed by atoms with Gasteiger partial charge >= 0.3 is 0 Å². The quantitative estimate of drug-likeness (QED) is 0.566. The van der Waals surface area contributed by atoms with Gasteiger partial charge in [0.1, 0.15) is 6.33 Å². The van der Waals surface area contributed by atoms with E-state index in [1.165, 1.54) is 16.2 Å². The van der Waals surface area contributed by atoms with Crippen molar-refractivity contribution in [3.63, 3.8) is 0 Å². The second-order valence-electron chi connectivity index (χ2n) is 10.9. The predicted octanol–water partition coefficient (Wildman–Crippen LogP) is 2.92. The number of carbonyl (C=O) groups excluding carboxylic acids is 2. The Labute approximate surface area is 208 Å².